The van der Waals surface area contributed by atoms with Gasteiger partial charge in [0, 0.05) is 37.1 Å². The molecule has 5 rings (SSSR count). The highest BCUT2D eigenvalue weighted by atomic mass is 16.5. The van der Waals surface area contributed by atoms with Crippen molar-refractivity contribution in [2.24, 2.45) is 5.92 Å². The molecular formula is C25H28N2O4. The molecular weight excluding hydrogens is 392 g/mol. The Bertz CT molecular complexity index is 991. The summed E-state index contributed by atoms with van der Waals surface area (Å²) in [6, 6.07) is 13.7. The number of carbonyl (C=O) groups is 2. The SMILES string of the molecule is COc1ccc(C2(C(=O)Nc3ccc4c(c3)N(C(=O)C3CC3)CC4)CCOCC2)cc1. The first kappa shape index (κ1) is 20.1. The standard InChI is InChI=1S/C25H28N2O4/c1-30-21-8-5-19(6-9-21)25(11-14-31-15-12-25)24(29)26-20-7-4-17-10-13-27(22(17)16-20)23(28)18-2-3-18/h4-9,16,18H,2-3,10-15H2,1H3,(H,26,29). The van der Waals surface area contributed by atoms with Crippen LogP contribution in [0.25, 0.3) is 0 Å². The van der Waals surface area contributed by atoms with Crippen molar-refractivity contribution >= 4 is 23.2 Å². The van der Waals surface area contributed by atoms with Gasteiger partial charge >= 0.3 is 0 Å². The van der Waals surface area contributed by atoms with Crippen LogP contribution in [-0.2, 0) is 26.2 Å². The van der Waals surface area contributed by atoms with Gasteiger partial charge in [-0.15, -0.1) is 0 Å². The highest BCUT2D eigenvalue weighted by Gasteiger charge is 2.42. The summed E-state index contributed by atoms with van der Waals surface area (Å²) in [5.41, 5.74) is 3.18. The minimum absolute atomic E-state index is 0.0287. The first-order valence-corrected chi connectivity index (χ1v) is 11.1. The predicted octanol–water partition coefficient (Wildman–Crippen LogP) is 3.68. The lowest BCUT2D eigenvalue weighted by Crippen LogP contribution is -2.44. The number of benzene rings is 2. The molecule has 2 aliphatic heterocycles. The van der Waals surface area contributed by atoms with Crippen molar-refractivity contribution in [1.29, 1.82) is 0 Å². The Balaban J connectivity index is 1.41. The van der Waals surface area contributed by atoms with E-state index in [0.717, 1.165) is 48.5 Å². The first-order valence-electron chi connectivity index (χ1n) is 11.1. The van der Waals surface area contributed by atoms with E-state index in [9.17, 15) is 9.59 Å². The number of hydrogen-bond donors (Lipinski definition) is 1. The Labute approximate surface area is 182 Å². The second-order valence-electron chi connectivity index (χ2n) is 8.73. The number of nitrogens with zero attached hydrogens (tertiary/aromatic N) is 1. The highest BCUT2D eigenvalue weighted by molar-refractivity contribution is 6.02. The number of nitrogens with one attached hydrogen (secondary N) is 1. The fraction of sp³-hybridized carbons (Fsp3) is 0.440. The van der Waals surface area contributed by atoms with Gasteiger partial charge in [-0.25, -0.2) is 0 Å². The number of ether oxygens (including phenoxy) is 2. The van der Waals surface area contributed by atoms with Gasteiger partial charge in [0.05, 0.1) is 12.5 Å². The van der Waals surface area contributed by atoms with Crippen molar-refractivity contribution in [3.8, 4) is 5.75 Å². The van der Waals surface area contributed by atoms with Crippen molar-refractivity contribution in [3.05, 3.63) is 53.6 Å². The third-order valence-corrected chi connectivity index (χ3v) is 6.85. The number of fused-ring (bicyclic) bond motifs is 1. The highest BCUT2D eigenvalue weighted by Crippen LogP contribution is 2.39. The van der Waals surface area contributed by atoms with Crippen LogP contribution in [0, 0.1) is 5.92 Å². The summed E-state index contributed by atoms with van der Waals surface area (Å²) in [4.78, 5) is 28.2. The first-order chi connectivity index (χ1) is 15.1. The molecule has 31 heavy (non-hydrogen) atoms. The maximum atomic E-state index is 13.6. The molecule has 6 nitrogen and oxygen atoms in total. The summed E-state index contributed by atoms with van der Waals surface area (Å²) in [7, 11) is 1.64. The molecule has 0 bridgehead atoms. The van der Waals surface area contributed by atoms with Gasteiger partial charge in [0.1, 0.15) is 5.75 Å². The van der Waals surface area contributed by atoms with E-state index in [1.807, 2.05) is 47.4 Å². The molecule has 1 saturated heterocycles. The third-order valence-electron chi connectivity index (χ3n) is 6.85. The molecule has 2 aromatic rings. The maximum Gasteiger partial charge on any atom is 0.235 e. The number of hydrogen-bond acceptors (Lipinski definition) is 4. The van der Waals surface area contributed by atoms with E-state index in [0.29, 0.717) is 26.1 Å². The lowest BCUT2D eigenvalue weighted by atomic mass is 9.73. The van der Waals surface area contributed by atoms with Gasteiger partial charge < -0.3 is 19.7 Å². The monoisotopic (exact) mass is 420 g/mol. The van der Waals surface area contributed by atoms with Crippen molar-refractivity contribution < 1.29 is 19.1 Å². The Morgan fingerprint density at radius 1 is 1.10 bits per heavy atom. The van der Waals surface area contributed by atoms with E-state index in [1.54, 1.807) is 7.11 Å². The molecule has 1 aliphatic carbocycles. The zero-order valence-electron chi connectivity index (χ0n) is 17.9. The van der Waals surface area contributed by atoms with Crippen LogP contribution in [0.3, 0.4) is 0 Å². The van der Waals surface area contributed by atoms with Crippen LogP contribution in [0.2, 0.25) is 0 Å². The Kier molecular flexibility index (Phi) is 5.18. The number of anilines is 2. The topological polar surface area (TPSA) is 67.9 Å². The molecule has 3 aliphatic rings. The molecule has 2 aromatic carbocycles. The van der Waals surface area contributed by atoms with Crippen LogP contribution in [-0.4, -0.2) is 38.7 Å². The zero-order valence-corrected chi connectivity index (χ0v) is 17.9. The lowest BCUT2D eigenvalue weighted by Gasteiger charge is -2.36. The third kappa shape index (κ3) is 3.69. The molecule has 2 amide bonds. The summed E-state index contributed by atoms with van der Waals surface area (Å²) >= 11 is 0. The smallest absolute Gasteiger partial charge is 0.235 e. The van der Waals surface area contributed by atoms with Gasteiger partial charge in [-0.2, -0.15) is 0 Å². The van der Waals surface area contributed by atoms with E-state index in [4.69, 9.17) is 9.47 Å². The number of amides is 2. The van der Waals surface area contributed by atoms with E-state index >= 15 is 0 Å². The van der Waals surface area contributed by atoms with Gasteiger partial charge in [0.15, 0.2) is 0 Å². The molecule has 0 aromatic heterocycles. The van der Waals surface area contributed by atoms with E-state index in [-0.39, 0.29) is 17.7 Å². The fourth-order valence-electron chi connectivity index (χ4n) is 4.76. The number of methoxy groups -OCH3 is 1. The van der Waals surface area contributed by atoms with Gasteiger partial charge in [-0.1, -0.05) is 18.2 Å². The minimum atomic E-state index is -0.646. The van der Waals surface area contributed by atoms with Crippen molar-refractivity contribution in [2.75, 3.05) is 37.1 Å². The zero-order chi connectivity index (χ0) is 21.4. The van der Waals surface area contributed by atoms with Crippen molar-refractivity contribution in [2.45, 2.75) is 37.5 Å². The largest absolute Gasteiger partial charge is 0.497 e. The Morgan fingerprint density at radius 2 is 1.84 bits per heavy atom. The average molecular weight is 421 g/mol. The van der Waals surface area contributed by atoms with Crippen LogP contribution < -0.4 is 15.0 Å². The van der Waals surface area contributed by atoms with E-state index < -0.39 is 5.41 Å². The maximum absolute atomic E-state index is 13.6. The molecule has 2 heterocycles. The van der Waals surface area contributed by atoms with Crippen LogP contribution in [0.1, 0.15) is 36.8 Å². The van der Waals surface area contributed by atoms with Crippen LogP contribution in [0.15, 0.2) is 42.5 Å². The van der Waals surface area contributed by atoms with Gasteiger partial charge in [0.25, 0.3) is 0 Å². The lowest BCUT2D eigenvalue weighted by molar-refractivity contribution is -0.125. The van der Waals surface area contributed by atoms with E-state index in [2.05, 4.69) is 5.32 Å². The fourth-order valence-corrected chi connectivity index (χ4v) is 4.76. The molecule has 1 saturated carbocycles. The molecule has 162 valence electrons. The van der Waals surface area contributed by atoms with Gasteiger partial charge in [-0.05, 0) is 67.5 Å². The van der Waals surface area contributed by atoms with Crippen molar-refractivity contribution in [3.63, 3.8) is 0 Å². The second-order valence-corrected chi connectivity index (χ2v) is 8.73. The normalized spacial score (nSPS) is 19.6. The summed E-state index contributed by atoms with van der Waals surface area (Å²) in [6.45, 7) is 1.83. The average Bonchev–Trinajstić information content (AvgIpc) is 3.58. The molecule has 0 atom stereocenters. The van der Waals surface area contributed by atoms with Gasteiger partial charge in [0.2, 0.25) is 11.8 Å². The van der Waals surface area contributed by atoms with Crippen LogP contribution in [0.5, 0.6) is 5.75 Å². The summed E-state index contributed by atoms with van der Waals surface area (Å²) in [6.07, 6.45) is 4.11. The minimum Gasteiger partial charge on any atom is -0.497 e. The molecule has 1 N–H and O–H groups in total. The molecule has 0 radical (unpaired) electrons. The molecule has 0 unspecified atom stereocenters. The van der Waals surface area contributed by atoms with Gasteiger partial charge in [-0.3, -0.25) is 9.59 Å². The summed E-state index contributed by atoms with van der Waals surface area (Å²) < 4.78 is 10.9. The van der Waals surface area contributed by atoms with E-state index in [1.165, 1.54) is 5.56 Å². The summed E-state index contributed by atoms with van der Waals surface area (Å²) in [5, 5.41) is 3.15. The van der Waals surface area contributed by atoms with Crippen LogP contribution in [0.4, 0.5) is 11.4 Å². The van der Waals surface area contributed by atoms with Crippen molar-refractivity contribution in [1.82, 2.24) is 0 Å². The van der Waals surface area contributed by atoms with Crippen LogP contribution >= 0.6 is 0 Å². The molecule has 6 heteroatoms. The number of carbonyl (C=O) groups excluding carboxylic acids is 2. The second kappa shape index (κ2) is 8.00. The number of rotatable bonds is 5. The predicted molar refractivity (Wildman–Crippen MR) is 119 cm³/mol. The Hall–Kier alpha value is -2.86. The quantitative estimate of drug-likeness (QED) is 0.801. The molecule has 2 fully saturated rings. The Morgan fingerprint density at radius 3 is 2.52 bits per heavy atom. The molecule has 0 spiro atoms. The summed E-state index contributed by atoms with van der Waals surface area (Å²) in [5.74, 6) is 1.15.